The van der Waals surface area contributed by atoms with Crippen LogP contribution in [-0.4, -0.2) is 41.0 Å². The minimum absolute atomic E-state index is 0.0623. The maximum absolute atomic E-state index is 12.9. The molecule has 0 aliphatic heterocycles. The van der Waals surface area contributed by atoms with Crippen molar-refractivity contribution < 1.29 is 9.53 Å². The number of nitrogens with one attached hydrogen (secondary N) is 1. The van der Waals surface area contributed by atoms with Gasteiger partial charge in [-0.15, -0.1) is 0 Å². The molecular formula is C18H25N3O3S. The van der Waals surface area contributed by atoms with Gasteiger partial charge in [0.25, 0.3) is 5.56 Å². The highest BCUT2D eigenvalue weighted by molar-refractivity contribution is 7.99. The molecule has 1 heterocycles. The fourth-order valence-electron chi connectivity index (χ4n) is 2.48. The van der Waals surface area contributed by atoms with Gasteiger partial charge in [0.05, 0.1) is 29.3 Å². The summed E-state index contributed by atoms with van der Waals surface area (Å²) in [4.78, 5) is 29.6. The van der Waals surface area contributed by atoms with Gasteiger partial charge in [0.15, 0.2) is 5.16 Å². The van der Waals surface area contributed by atoms with Crippen LogP contribution < -0.4 is 10.9 Å². The van der Waals surface area contributed by atoms with Crippen molar-refractivity contribution in [1.29, 1.82) is 0 Å². The maximum atomic E-state index is 12.9. The van der Waals surface area contributed by atoms with Crippen molar-refractivity contribution in [2.24, 2.45) is 0 Å². The minimum atomic E-state index is -0.172. The summed E-state index contributed by atoms with van der Waals surface area (Å²) in [6.45, 7) is 6.29. The zero-order valence-corrected chi connectivity index (χ0v) is 15.9. The molecule has 7 heteroatoms. The van der Waals surface area contributed by atoms with Crippen LogP contribution in [0.25, 0.3) is 10.9 Å². The number of benzene rings is 1. The number of hydrogen-bond donors (Lipinski definition) is 1. The van der Waals surface area contributed by atoms with E-state index in [2.05, 4.69) is 10.3 Å². The van der Waals surface area contributed by atoms with Gasteiger partial charge in [-0.2, -0.15) is 0 Å². The van der Waals surface area contributed by atoms with E-state index in [9.17, 15) is 9.59 Å². The standard InChI is InChI=1S/C18H25N3O3S/c1-5-12(2)19-16(22)11-25-18-20-15-9-7-6-8-14(15)17(23)21(18)13(3)10-24-4/h6-9,12-13H,5,10-11H2,1-4H3,(H,19,22)/t12-,13-/m1/s1. The molecular weight excluding hydrogens is 338 g/mol. The summed E-state index contributed by atoms with van der Waals surface area (Å²) in [6.07, 6.45) is 0.875. The molecule has 136 valence electrons. The Balaban J connectivity index is 2.34. The monoisotopic (exact) mass is 363 g/mol. The average molecular weight is 363 g/mol. The summed E-state index contributed by atoms with van der Waals surface area (Å²) in [6, 6.07) is 7.21. The summed E-state index contributed by atoms with van der Waals surface area (Å²) < 4.78 is 6.81. The molecule has 2 atom stereocenters. The van der Waals surface area contributed by atoms with Crippen LogP contribution in [0, 0.1) is 0 Å². The fraction of sp³-hybridized carbons (Fsp3) is 0.500. The molecule has 1 aromatic heterocycles. The molecule has 0 saturated carbocycles. The molecule has 0 radical (unpaired) electrons. The van der Waals surface area contributed by atoms with E-state index >= 15 is 0 Å². The number of aromatic nitrogens is 2. The third kappa shape index (κ3) is 4.83. The van der Waals surface area contributed by atoms with E-state index in [1.54, 1.807) is 17.7 Å². The number of nitrogens with zero attached hydrogens (tertiary/aromatic N) is 2. The number of carbonyl (C=O) groups excluding carboxylic acids is 1. The molecule has 1 N–H and O–H groups in total. The Kier molecular flexibility index (Phi) is 7.01. The first-order valence-corrected chi connectivity index (χ1v) is 9.38. The molecule has 0 aliphatic carbocycles. The Bertz CT molecular complexity index is 791. The summed E-state index contributed by atoms with van der Waals surface area (Å²) >= 11 is 1.28. The van der Waals surface area contributed by atoms with Crippen LogP contribution >= 0.6 is 11.8 Å². The normalized spacial score (nSPS) is 13.6. The van der Waals surface area contributed by atoms with Gasteiger partial charge in [-0.3, -0.25) is 14.2 Å². The first-order chi connectivity index (χ1) is 12.0. The van der Waals surface area contributed by atoms with Gasteiger partial charge in [-0.1, -0.05) is 30.8 Å². The van der Waals surface area contributed by atoms with Crippen molar-refractivity contribution >= 4 is 28.6 Å². The molecule has 1 amide bonds. The van der Waals surface area contributed by atoms with Gasteiger partial charge in [-0.25, -0.2) is 4.98 Å². The molecule has 2 aromatic rings. The van der Waals surface area contributed by atoms with Crippen LogP contribution in [0.15, 0.2) is 34.2 Å². The quantitative estimate of drug-likeness (QED) is 0.576. The van der Waals surface area contributed by atoms with Crippen molar-refractivity contribution in [1.82, 2.24) is 14.9 Å². The van der Waals surface area contributed by atoms with Crippen molar-refractivity contribution in [2.45, 2.75) is 44.4 Å². The highest BCUT2D eigenvalue weighted by atomic mass is 32.2. The van der Waals surface area contributed by atoms with Crippen molar-refractivity contribution in [3.63, 3.8) is 0 Å². The molecule has 0 aliphatic rings. The molecule has 0 fully saturated rings. The first-order valence-electron chi connectivity index (χ1n) is 8.40. The van der Waals surface area contributed by atoms with E-state index < -0.39 is 0 Å². The Labute approximate surface area is 152 Å². The molecule has 1 aromatic carbocycles. The first kappa shape index (κ1) is 19.5. The maximum Gasteiger partial charge on any atom is 0.262 e. The van der Waals surface area contributed by atoms with Gasteiger partial charge in [0, 0.05) is 13.2 Å². The highest BCUT2D eigenvalue weighted by Gasteiger charge is 2.17. The Hall–Kier alpha value is -1.86. The zero-order valence-electron chi connectivity index (χ0n) is 15.1. The number of para-hydroxylation sites is 1. The lowest BCUT2D eigenvalue weighted by molar-refractivity contribution is -0.119. The second-order valence-electron chi connectivity index (χ2n) is 6.06. The van der Waals surface area contributed by atoms with Gasteiger partial charge in [0.1, 0.15) is 0 Å². The van der Waals surface area contributed by atoms with Crippen molar-refractivity contribution in [2.75, 3.05) is 19.5 Å². The lowest BCUT2D eigenvalue weighted by atomic mass is 10.2. The number of carbonyl (C=O) groups is 1. The van der Waals surface area contributed by atoms with E-state index in [4.69, 9.17) is 4.74 Å². The van der Waals surface area contributed by atoms with E-state index in [1.807, 2.05) is 39.0 Å². The minimum Gasteiger partial charge on any atom is -0.383 e. The summed E-state index contributed by atoms with van der Waals surface area (Å²) in [7, 11) is 1.60. The Morgan fingerprint density at radius 3 is 2.76 bits per heavy atom. The Morgan fingerprint density at radius 1 is 1.36 bits per heavy atom. The number of fused-ring (bicyclic) bond motifs is 1. The van der Waals surface area contributed by atoms with Gasteiger partial charge in [0.2, 0.25) is 5.91 Å². The van der Waals surface area contributed by atoms with Crippen molar-refractivity contribution in [3.8, 4) is 0 Å². The molecule has 0 saturated heterocycles. The second-order valence-corrected chi connectivity index (χ2v) is 7.00. The van der Waals surface area contributed by atoms with Crippen molar-refractivity contribution in [3.05, 3.63) is 34.6 Å². The third-order valence-electron chi connectivity index (χ3n) is 3.98. The predicted octanol–water partition coefficient (Wildman–Crippen LogP) is 2.61. The number of methoxy groups -OCH3 is 1. The van der Waals surface area contributed by atoms with Crippen LogP contribution in [-0.2, 0) is 9.53 Å². The summed E-state index contributed by atoms with van der Waals surface area (Å²) in [5, 5.41) is 4.03. The van der Waals surface area contributed by atoms with E-state index in [1.165, 1.54) is 11.8 Å². The fourth-order valence-corrected chi connectivity index (χ4v) is 3.39. The third-order valence-corrected chi connectivity index (χ3v) is 4.93. The smallest absolute Gasteiger partial charge is 0.262 e. The molecule has 0 spiro atoms. The number of amides is 1. The molecule has 0 bridgehead atoms. The topological polar surface area (TPSA) is 73.2 Å². The summed E-state index contributed by atoms with van der Waals surface area (Å²) in [5.41, 5.74) is 0.526. The average Bonchev–Trinajstić information content (AvgIpc) is 2.60. The SMILES string of the molecule is CC[C@@H](C)NC(=O)CSc1nc2ccccc2c(=O)n1[C@H](C)COC. The number of hydrogen-bond acceptors (Lipinski definition) is 5. The number of rotatable bonds is 8. The zero-order chi connectivity index (χ0) is 18.4. The van der Waals surface area contributed by atoms with E-state index in [0.29, 0.717) is 22.7 Å². The molecule has 2 rings (SSSR count). The lowest BCUT2D eigenvalue weighted by Gasteiger charge is -2.19. The van der Waals surface area contributed by atoms with Crippen LogP contribution in [0.3, 0.4) is 0 Å². The number of ether oxygens (including phenoxy) is 1. The highest BCUT2D eigenvalue weighted by Crippen LogP contribution is 2.21. The van der Waals surface area contributed by atoms with E-state index in [0.717, 1.165) is 6.42 Å². The number of thioether (sulfide) groups is 1. The molecule has 0 unspecified atom stereocenters. The van der Waals surface area contributed by atoms with Crippen LogP contribution in [0.5, 0.6) is 0 Å². The second kappa shape index (κ2) is 9.01. The van der Waals surface area contributed by atoms with Crippen LogP contribution in [0.1, 0.15) is 33.2 Å². The van der Waals surface area contributed by atoms with Gasteiger partial charge >= 0.3 is 0 Å². The van der Waals surface area contributed by atoms with Crippen LogP contribution in [0.2, 0.25) is 0 Å². The van der Waals surface area contributed by atoms with E-state index in [-0.39, 0.29) is 29.3 Å². The summed E-state index contributed by atoms with van der Waals surface area (Å²) in [5.74, 6) is 0.155. The Morgan fingerprint density at radius 2 is 2.08 bits per heavy atom. The van der Waals surface area contributed by atoms with Gasteiger partial charge in [-0.05, 0) is 32.4 Å². The van der Waals surface area contributed by atoms with Gasteiger partial charge < -0.3 is 10.1 Å². The predicted molar refractivity (Wildman–Crippen MR) is 101 cm³/mol. The lowest BCUT2D eigenvalue weighted by Crippen LogP contribution is -2.34. The largest absolute Gasteiger partial charge is 0.383 e. The molecule has 6 nitrogen and oxygen atoms in total. The molecule has 25 heavy (non-hydrogen) atoms. The van der Waals surface area contributed by atoms with Crippen LogP contribution in [0.4, 0.5) is 0 Å².